The van der Waals surface area contributed by atoms with Crippen LogP contribution in [0, 0.1) is 5.92 Å². The van der Waals surface area contributed by atoms with Gasteiger partial charge in [-0.1, -0.05) is 6.42 Å². The van der Waals surface area contributed by atoms with Gasteiger partial charge in [0.1, 0.15) is 12.1 Å². The standard InChI is InChI=1S/C14H19F3N4O2/c1-23-7-11-6-12(19-8-18-11)21-13(22)20-10-4-2-3-9(5-10)14(15,16)17/h6,8-10H,2-5,7H2,1H3,(H2,18,19,20,21,22)/t9-,10-/m1/s1. The number of urea groups is 1. The molecule has 23 heavy (non-hydrogen) atoms. The highest BCUT2D eigenvalue weighted by atomic mass is 19.4. The van der Waals surface area contributed by atoms with Crippen LogP contribution in [0.2, 0.25) is 0 Å². The third-order valence-electron chi connectivity index (χ3n) is 3.73. The monoisotopic (exact) mass is 332 g/mol. The van der Waals surface area contributed by atoms with Crippen LogP contribution in [0.5, 0.6) is 0 Å². The molecule has 0 bridgehead atoms. The van der Waals surface area contributed by atoms with E-state index < -0.39 is 24.2 Å². The van der Waals surface area contributed by atoms with E-state index in [1.165, 1.54) is 13.4 Å². The summed E-state index contributed by atoms with van der Waals surface area (Å²) in [5.74, 6) is -1.08. The van der Waals surface area contributed by atoms with Gasteiger partial charge in [0.15, 0.2) is 0 Å². The average molecular weight is 332 g/mol. The average Bonchev–Trinajstić information content (AvgIpc) is 2.47. The minimum atomic E-state index is -4.21. The fourth-order valence-corrected chi connectivity index (χ4v) is 2.65. The third kappa shape index (κ3) is 5.34. The van der Waals surface area contributed by atoms with E-state index in [0.717, 1.165) is 0 Å². The van der Waals surface area contributed by atoms with Crippen molar-refractivity contribution in [1.82, 2.24) is 15.3 Å². The molecule has 0 aliphatic heterocycles. The Morgan fingerprint density at radius 2 is 2.17 bits per heavy atom. The van der Waals surface area contributed by atoms with Crippen molar-refractivity contribution in [2.75, 3.05) is 12.4 Å². The van der Waals surface area contributed by atoms with Crippen molar-refractivity contribution in [3.05, 3.63) is 18.1 Å². The Balaban J connectivity index is 1.88. The Hall–Kier alpha value is -1.90. The number of nitrogens with zero attached hydrogens (tertiary/aromatic N) is 2. The number of anilines is 1. The van der Waals surface area contributed by atoms with Crippen LogP contribution in [0.15, 0.2) is 12.4 Å². The van der Waals surface area contributed by atoms with E-state index in [9.17, 15) is 18.0 Å². The third-order valence-corrected chi connectivity index (χ3v) is 3.73. The number of carbonyl (C=O) groups is 1. The van der Waals surface area contributed by atoms with Gasteiger partial charge in [-0.25, -0.2) is 14.8 Å². The molecule has 0 spiro atoms. The van der Waals surface area contributed by atoms with E-state index in [4.69, 9.17) is 4.74 Å². The largest absolute Gasteiger partial charge is 0.391 e. The summed E-state index contributed by atoms with van der Waals surface area (Å²) in [6, 6.07) is 0.484. The molecule has 1 aromatic rings. The summed E-state index contributed by atoms with van der Waals surface area (Å²) in [6.07, 6.45) is -1.91. The number of methoxy groups -OCH3 is 1. The minimum absolute atomic E-state index is 0.0877. The summed E-state index contributed by atoms with van der Waals surface area (Å²) < 4.78 is 43.2. The number of ether oxygens (including phenoxy) is 1. The molecule has 128 valence electrons. The van der Waals surface area contributed by atoms with Crippen LogP contribution in [-0.2, 0) is 11.3 Å². The molecule has 1 fully saturated rings. The second kappa shape index (κ2) is 7.58. The summed E-state index contributed by atoms with van der Waals surface area (Å²) in [7, 11) is 1.52. The molecule has 1 aliphatic carbocycles. The van der Waals surface area contributed by atoms with Crippen molar-refractivity contribution in [3.8, 4) is 0 Å². The first kappa shape index (κ1) is 17.5. The number of carbonyl (C=O) groups excluding carboxylic acids is 1. The summed E-state index contributed by atoms with van der Waals surface area (Å²) >= 11 is 0. The van der Waals surface area contributed by atoms with Gasteiger partial charge in [0.05, 0.1) is 18.2 Å². The van der Waals surface area contributed by atoms with Crippen LogP contribution < -0.4 is 10.6 Å². The zero-order valence-electron chi connectivity index (χ0n) is 12.7. The molecule has 1 saturated carbocycles. The Labute approximate surface area is 131 Å². The van der Waals surface area contributed by atoms with Crippen molar-refractivity contribution in [2.24, 2.45) is 5.92 Å². The van der Waals surface area contributed by atoms with E-state index in [2.05, 4.69) is 20.6 Å². The quantitative estimate of drug-likeness (QED) is 0.889. The molecule has 0 unspecified atom stereocenters. The van der Waals surface area contributed by atoms with Crippen molar-refractivity contribution in [1.29, 1.82) is 0 Å². The maximum Gasteiger partial charge on any atom is 0.391 e. The molecule has 0 radical (unpaired) electrons. The number of rotatable bonds is 4. The number of hydrogen-bond donors (Lipinski definition) is 2. The van der Waals surface area contributed by atoms with Crippen molar-refractivity contribution in [2.45, 2.75) is 44.5 Å². The second-order valence-electron chi connectivity index (χ2n) is 5.53. The normalized spacial score (nSPS) is 21.7. The van der Waals surface area contributed by atoms with Gasteiger partial charge in [-0.2, -0.15) is 13.2 Å². The first-order chi connectivity index (χ1) is 10.9. The number of hydrogen-bond acceptors (Lipinski definition) is 4. The Morgan fingerprint density at radius 3 is 2.87 bits per heavy atom. The Kier molecular flexibility index (Phi) is 5.75. The van der Waals surface area contributed by atoms with Crippen LogP contribution in [-0.4, -0.2) is 35.3 Å². The fraction of sp³-hybridized carbons (Fsp3) is 0.643. The maximum atomic E-state index is 12.8. The molecule has 2 rings (SSSR count). The van der Waals surface area contributed by atoms with Gasteiger partial charge in [-0.05, 0) is 19.3 Å². The molecular formula is C14H19F3N4O2. The van der Waals surface area contributed by atoms with E-state index >= 15 is 0 Å². The molecule has 0 saturated heterocycles. The fourth-order valence-electron chi connectivity index (χ4n) is 2.65. The lowest BCUT2D eigenvalue weighted by molar-refractivity contribution is -0.183. The van der Waals surface area contributed by atoms with Gasteiger partial charge in [0.2, 0.25) is 0 Å². The number of amides is 2. The van der Waals surface area contributed by atoms with Gasteiger partial charge in [0, 0.05) is 19.2 Å². The minimum Gasteiger partial charge on any atom is -0.378 e. The highest BCUT2D eigenvalue weighted by molar-refractivity contribution is 5.88. The summed E-state index contributed by atoms with van der Waals surface area (Å²) in [6.45, 7) is 0.273. The summed E-state index contributed by atoms with van der Waals surface area (Å²) in [5, 5.41) is 5.08. The zero-order valence-corrected chi connectivity index (χ0v) is 12.7. The van der Waals surface area contributed by atoms with Crippen LogP contribution in [0.1, 0.15) is 31.4 Å². The first-order valence-corrected chi connectivity index (χ1v) is 7.32. The lowest BCUT2D eigenvalue weighted by atomic mass is 9.85. The molecule has 6 nitrogen and oxygen atoms in total. The number of nitrogens with one attached hydrogen (secondary N) is 2. The number of alkyl halides is 3. The molecule has 0 aromatic carbocycles. The van der Waals surface area contributed by atoms with Crippen LogP contribution in [0.4, 0.5) is 23.8 Å². The van der Waals surface area contributed by atoms with Crippen LogP contribution in [0.3, 0.4) is 0 Å². The van der Waals surface area contributed by atoms with Gasteiger partial charge >= 0.3 is 12.2 Å². The molecule has 9 heteroatoms. The van der Waals surface area contributed by atoms with Crippen LogP contribution >= 0.6 is 0 Å². The smallest absolute Gasteiger partial charge is 0.378 e. The van der Waals surface area contributed by atoms with E-state index in [-0.39, 0.29) is 25.3 Å². The summed E-state index contributed by atoms with van der Waals surface area (Å²) in [4.78, 5) is 19.8. The zero-order chi connectivity index (χ0) is 16.9. The Bertz CT molecular complexity index is 539. The van der Waals surface area contributed by atoms with Crippen molar-refractivity contribution >= 4 is 11.8 Å². The summed E-state index contributed by atoms with van der Waals surface area (Å²) in [5.41, 5.74) is 0.590. The highest BCUT2D eigenvalue weighted by Gasteiger charge is 2.42. The van der Waals surface area contributed by atoms with E-state index in [1.54, 1.807) is 6.07 Å². The van der Waals surface area contributed by atoms with Crippen LogP contribution in [0.25, 0.3) is 0 Å². The van der Waals surface area contributed by atoms with E-state index in [0.29, 0.717) is 18.5 Å². The SMILES string of the molecule is COCc1cc(NC(=O)N[C@@H]2CCC[C@@H](C(F)(F)F)C2)ncn1. The topological polar surface area (TPSA) is 76.1 Å². The molecule has 1 aromatic heterocycles. The van der Waals surface area contributed by atoms with Gasteiger partial charge in [0.25, 0.3) is 0 Å². The van der Waals surface area contributed by atoms with Crippen molar-refractivity contribution < 1.29 is 22.7 Å². The maximum absolute atomic E-state index is 12.8. The van der Waals surface area contributed by atoms with Gasteiger partial charge < -0.3 is 10.1 Å². The van der Waals surface area contributed by atoms with Gasteiger partial charge in [-0.3, -0.25) is 5.32 Å². The second-order valence-corrected chi connectivity index (χ2v) is 5.53. The molecule has 1 heterocycles. The first-order valence-electron chi connectivity index (χ1n) is 7.32. The molecule has 2 amide bonds. The number of aromatic nitrogens is 2. The molecule has 2 N–H and O–H groups in total. The molecule has 2 atom stereocenters. The lowest BCUT2D eigenvalue weighted by Crippen LogP contribution is -2.43. The lowest BCUT2D eigenvalue weighted by Gasteiger charge is -2.30. The Morgan fingerprint density at radius 1 is 1.39 bits per heavy atom. The number of halogens is 3. The predicted molar refractivity (Wildman–Crippen MR) is 76.7 cm³/mol. The van der Waals surface area contributed by atoms with Crippen molar-refractivity contribution in [3.63, 3.8) is 0 Å². The van der Waals surface area contributed by atoms with E-state index in [1.807, 2.05) is 0 Å². The highest BCUT2D eigenvalue weighted by Crippen LogP contribution is 2.37. The predicted octanol–water partition coefficient (Wildman–Crippen LogP) is 2.87. The van der Waals surface area contributed by atoms with Gasteiger partial charge in [-0.15, -0.1) is 0 Å². The molecular weight excluding hydrogens is 313 g/mol. The molecule has 1 aliphatic rings.